The van der Waals surface area contributed by atoms with Gasteiger partial charge in [-0.1, -0.05) is 0 Å². The fourth-order valence-electron chi connectivity index (χ4n) is 6.14. The Morgan fingerprint density at radius 1 is 0.708 bits per heavy atom. The monoisotopic (exact) mass is 462 g/mol. The molecule has 0 unspecified atom stereocenters. The van der Waals surface area contributed by atoms with Gasteiger partial charge in [0.25, 0.3) is 0 Å². The maximum atomic E-state index is 12.5. The van der Waals surface area contributed by atoms with Crippen molar-refractivity contribution >= 4 is 36.4 Å². The van der Waals surface area contributed by atoms with E-state index in [1.807, 2.05) is 0 Å². The molecule has 0 aromatic rings. The molecule has 138 valence electrons. The molecule has 3 fully saturated rings. The molecule has 0 saturated heterocycles. The van der Waals surface area contributed by atoms with Crippen molar-refractivity contribution in [2.24, 2.45) is 0 Å². The SMILES string of the molecule is O=C(CCl)[O][Sn]([CH]1CCCCC1)([CH]1CCCCC1)[CH]1CCCCC1. The van der Waals surface area contributed by atoms with Crippen LogP contribution < -0.4 is 0 Å². The van der Waals surface area contributed by atoms with Crippen molar-refractivity contribution in [1.82, 2.24) is 0 Å². The van der Waals surface area contributed by atoms with Crippen molar-refractivity contribution in [3.8, 4) is 0 Å². The van der Waals surface area contributed by atoms with Crippen molar-refractivity contribution in [2.75, 3.05) is 5.88 Å². The Hall–Kier alpha value is 0.559. The van der Waals surface area contributed by atoms with Gasteiger partial charge in [-0.3, -0.25) is 0 Å². The van der Waals surface area contributed by atoms with Crippen molar-refractivity contribution in [2.45, 2.75) is 108 Å². The Morgan fingerprint density at radius 3 is 1.33 bits per heavy atom. The normalized spacial score (nSPS) is 25.5. The average Bonchev–Trinajstić information content (AvgIpc) is 2.68. The summed E-state index contributed by atoms with van der Waals surface area (Å²) < 4.78 is 9.00. The van der Waals surface area contributed by atoms with Crippen molar-refractivity contribution in [1.29, 1.82) is 0 Å². The molecule has 3 aliphatic carbocycles. The third-order valence-corrected chi connectivity index (χ3v) is 24.9. The van der Waals surface area contributed by atoms with Crippen LogP contribution in [0.2, 0.25) is 11.8 Å². The van der Waals surface area contributed by atoms with E-state index in [9.17, 15) is 4.79 Å². The first kappa shape index (κ1) is 19.3. The van der Waals surface area contributed by atoms with Crippen LogP contribution in [-0.2, 0) is 7.87 Å². The second-order valence-corrected chi connectivity index (χ2v) is 21.2. The minimum atomic E-state index is -3.09. The molecule has 0 amide bonds. The predicted octanol–water partition coefficient (Wildman–Crippen LogP) is 6.72. The summed E-state index contributed by atoms with van der Waals surface area (Å²) in [6.45, 7) is 0. The fraction of sp³-hybridized carbons (Fsp3) is 0.950. The van der Waals surface area contributed by atoms with Crippen molar-refractivity contribution in [3.05, 3.63) is 0 Å². The van der Waals surface area contributed by atoms with Gasteiger partial charge < -0.3 is 0 Å². The van der Waals surface area contributed by atoms with E-state index in [1.54, 1.807) is 0 Å². The molecular formula is C20H35ClO2Sn. The summed E-state index contributed by atoms with van der Waals surface area (Å²) in [5, 5.41) is 0. The topological polar surface area (TPSA) is 26.3 Å². The Labute approximate surface area is 157 Å². The second-order valence-electron chi connectivity index (χ2n) is 8.47. The Morgan fingerprint density at radius 2 is 1.04 bits per heavy atom. The van der Waals surface area contributed by atoms with E-state index in [0.29, 0.717) is 0 Å². The molecule has 0 radical (unpaired) electrons. The van der Waals surface area contributed by atoms with Gasteiger partial charge >= 0.3 is 158 Å². The summed E-state index contributed by atoms with van der Waals surface area (Å²) >= 11 is 2.84. The van der Waals surface area contributed by atoms with Crippen LogP contribution in [-0.4, -0.2) is 30.6 Å². The van der Waals surface area contributed by atoms with Crippen LogP contribution >= 0.6 is 11.6 Å². The molecule has 3 aliphatic rings. The van der Waals surface area contributed by atoms with Crippen LogP contribution in [0.3, 0.4) is 0 Å². The van der Waals surface area contributed by atoms with Crippen LogP contribution in [0.4, 0.5) is 0 Å². The van der Waals surface area contributed by atoms with Crippen molar-refractivity contribution in [3.63, 3.8) is 0 Å². The maximum absolute atomic E-state index is 12.5. The van der Waals surface area contributed by atoms with Gasteiger partial charge in [0, 0.05) is 0 Å². The van der Waals surface area contributed by atoms with Gasteiger partial charge in [-0.15, -0.1) is 0 Å². The van der Waals surface area contributed by atoms with E-state index in [2.05, 4.69) is 0 Å². The molecule has 24 heavy (non-hydrogen) atoms. The van der Waals surface area contributed by atoms with E-state index in [4.69, 9.17) is 14.7 Å². The number of halogens is 1. The van der Waals surface area contributed by atoms with E-state index >= 15 is 0 Å². The minimum absolute atomic E-state index is 0.0603. The Bertz CT molecular complexity index is 351. The zero-order chi connectivity index (χ0) is 16.8. The summed E-state index contributed by atoms with van der Waals surface area (Å²) in [6.07, 6.45) is 20.4. The van der Waals surface area contributed by atoms with Crippen LogP contribution in [0, 0.1) is 0 Å². The quantitative estimate of drug-likeness (QED) is 0.336. The van der Waals surface area contributed by atoms with Crippen LogP contribution in [0.25, 0.3) is 0 Å². The van der Waals surface area contributed by atoms with Crippen LogP contribution in [0.5, 0.6) is 0 Å². The summed E-state index contributed by atoms with van der Waals surface area (Å²) in [5.74, 6) is -0.0145. The zero-order valence-electron chi connectivity index (χ0n) is 15.2. The molecule has 3 saturated carbocycles. The predicted molar refractivity (Wildman–Crippen MR) is 103 cm³/mol. The first-order valence-electron chi connectivity index (χ1n) is 10.5. The molecule has 0 aromatic heterocycles. The number of hydrogen-bond donors (Lipinski definition) is 0. The first-order chi connectivity index (χ1) is 11.8. The molecule has 0 N–H and O–H groups in total. The van der Waals surface area contributed by atoms with Crippen LogP contribution in [0.1, 0.15) is 96.3 Å². The number of rotatable bonds is 5. The molecule has 3 rings (SSSR count). The van der Waals surface area contributed by atoms with Gasteiger partial charge in [0.1, 0.15) is 0 Å². The van der Waals surface area contributed by atoms with E-state index in [1.165, 1.54) is 96.3 Å². The molecular weight excluding hydrogens is 426 g/mol. The Kier molecular flexibility index (Phi) is 7.63. The van der Waals surface area contributed by atoms with Gasteiger partial charge in [0.2, 0.25) is 0 Å². The summed E-state index contributed by atoms with van der Waals surface area (Å²) in [7, 11) is 0. The van der Waals surface area contributed by atoms with Gasteiger partial charge in [-0.2, -0.15) is 0 Å². The number of hydrogen-bond acceptors (Lipinski definition) is 2. The third kappa shape index (κ3) is 4.27. The molecule has 0 spiro atoms. The van der Waals surface area contributed by atoms with Gasteiger partial charge in [-0.25, -0.2) is 0 Å². The fourth-order valence-corrected chi connectivity index (χ4v) is 26.1. The number of carbonyl (C=O) groups excluding carboxylic acids is 1. The van der Waals surface area contributed by atoms with Gasteiger partial charge in [0.15, 0.2) is 0 Å². The summed E-state index contributed by atoms with van der Waals surface area (Å²) in [6, 6.07) is 0. The molecule has 4 heteroatoms. The summed E-state index contributed by atoms with van der Waals surface area (Å²) in [5.41, 5.74) is 0. The van der Waals surface area contributed by atoms with E-state index in [-0.39, 0.29) is 11.8 Å². The molecule has 0 bridgehead atoms. The third-order valence-electron chi connectivity index (χ3n) is 7.13. The standard InChI is InChI=1S/3C6H11.C2H3ClO2.Sn/c3*1-2-4-6-5-3-1;3-1-2(4)5;/h3*1H,2-6H2;1H2,(H,4,5);/q;;;;+1/p-1. The second kappa shape index (κ2) is 9.48. The molecule has 0 aliphatic heterocycles. The average molecular weight is 462 g/mol. The molecule has 0 aromatic carbocycles. The van der Waals surface area contributed by atoms with E-state index in [0.717, 1.165) is 11.8 Å². The number of alkyl halides is 1. The van der Waals surface area contributed by atoms with Gasteiger partial charge in [-0.05, 0) is 0 Å². The number of carbonyl (C=O) groups is 1. The molecule has 2 nitrogen and oxygen atoms in total. The Balaban J connectivity index is 1.93. The van der Waals surface area contributed by atoms with Crippen molar-refractivity contribution < 1.29 is 7.87 Å². The summed E-state index contributed by atoms with van der Waals surface area (Å²) in [4.78, 5) is 12.5. The first-order valence-corrected chi connectivity index (χ1v) is 17.2. The van der Waals surface area contributed by atoms with Gasteiger partial charge in [0.05, 0.1) is 0 Å². The van der Waals surface area contributed by atoms with E-state index < -0.39 is 18.8 Å². The molecule has 0 heterocycles. The zero-order valence-corrected chi connectivity index (χ0v) is 18.9. The molecule has 0 atom stereocenters. The van der Waals surface area contributed by atoms with Crippen LogP contribution in [0.15, 0.2) is 0 Å².